The molecule has 0 bridgehead atoms. The Balaban J connectivity index is 6.61. The van der Waals surface area contributed by atoms with E-state index in [1.165, 1.54) is 27.7 Å². The molecule has 0 rings (SSSR count). The fourth-order valence-electron chi connectivity index (χ4n) is 10.2. The molecular weight excluding hydrogens is 1210 g/mol. The second-order valence-electron chi connectivity index (χ2n) is 27.5. The van der Waals surface area contributed by atoms with E-state index in [9.17, 15) is 62.3 Å². The number of rotatable bonds is 48. The molecule has 0 aromatic carbocycles. The number of unbranched alkanes of at least 4 members (excludes halogenated alkanes) is 3. The third-order valence-electron chi connectivity index (χ3n) is 15.1. The Labute approximate surface area is 558 Å². The molecule has 0 aliphatic heterocycles. The van der Waals surface area contributed by atoms with Crippen molar-refractivity contribution in [2.75, 3.05) is 19.6 Å². The quantitative estimate of drug-likeness (QED) is 0.0358. The van der Waals surface area contributed by atoms with Gasteiger partial charge in [-0.1, -0.05) is 83.1 Å². The highest BCUT2D eigenvalue weighted by atomic mass is 16.2. The first-order valence-corrected chi connectivity index (χ1v) is 33.9. The summed E-state index contributed by atoms with van der Waals surface area (Å²) in [4.78, 5) is 177. The minimum Gasteiger partial charge on any atom is -0.368 e. The van der Waals surface area contributed by atoms with Crippen LogP contribution in [0, 0.1) is 35.5 Å². The van der Waals surface area contributed by atoms with Crippen molar-refractivity contribution in [3.63, 3.8) is 0 Å². The summed E-state index contributed by atoms with van der Waals surface area (Å²) in [5.74, 6) is -9.49. The van der Waals surface area contributed by atoms with Crippen LogP contribution in [0.2, 0.25) is 0 Å². The Morgan fingerprint density at radius 3 is 0.628 bits per heavy atom. The molecule has 0 aliphatic rings. The van der Waals surface area contributed by atoms with E-state index in [-0.39, 0.29) is 93.4 Å². The van der Waals surface area contributed by atoms with Crippen LogP contribution in [0.15, 0.2) is 0 Å². The van der Waals surface area contributed by atoms with E-state index >= 15 is 0 Å². The van der Waals surface area contributed by atoms with Gasteiger partial charge in [0, 0.05) is 6.92 Å². The van der Waals surface area contributed by atoms with Crippen molar-refractivity contribution in [2.45, 2.75) is 280 Å². The SMILES string of the molecule is CC(=O)N[C@@H](CC(C)C)C(=O)N[C@@H](C)C(=O)N[C@@H](CCCCN)C(=O)N[C@@H](CC(C)C)C(=O)N[C@@H](CC(C)C)C(=O)N[C@H](C)C(=O)N[C@@H](CCCCN)C(=O)N[C@@H](CC(C)C)C(=O)N[C@@H](CC(C)C)C(=O)N[C@@H](C)C(=O)N[C@@H](CCCCN)C(=O)N[C@@H](CC(C)C)C(N)=O. The fraction of sp³-hybridized carbons (Fsp3) is 0.800. The summed E-state index contributed by atoms with van der Waals surface area (Å²) in [7, 11) is 0. The lowest BCUT2D eigenvalue weighted by Crippen LogP contribution is -2.60. The summed E-state index contributed by atoms with van der Waals surface area (Å²) in [6, 6.07) is -13.9. The molecule has 20 N–H and O–H groups in total. The van der Waals surface area contributed by atoms with Crippen LogP contribution in [0.1, 0.15) is 207 Å². The van der Waals surface area contributed by atoms with Gasteiger partial charge in [-0.05, 0) is 172 Å². The maximum absolute atomic E-state index is 14.3. The molecule has 0 aromatic rings. The third-order valence-corrected chi connectivity index (χ3v) is 15.1. The Morgan fingerprint density at radius 2 is 0.426 bits per heavy atom. The molecule has 0 aliphatic carbocycles. The Kier molecular flexibility index (Phi) is 42.7. The summed E-state index contributed by atoms with van der Waals surface area (Å²) in [5.41, 5.74) is 22.8. The summed E-state index contributed by atoms with van der Waals surface area (Å²) in [6.07, 6.45) is 4.20. The lowest BCUT2D eigenvalue weighted by atomic mass is 9.99. The van der Waals surface area contributed by atoms with E-state index in [1.807, 2.05) is 83.1 Å². The van der Waals surface area contributed by atoms with Gasteiger partial charge in [-0.3, -0.25) is 62.3 Å². The van der Waals surface area contributed by atoms with Crippen LogP contribution in [-0.2, 0) is 62.3 Å². The second-order valence-corrected chi connectivity index (χ2v) is 27.5. The highest BCUT2D eigenvalue weighted by molar-refractivity contribution is 5.99. The van der Waals surface area contributed by atoms with Crippen LogP contribution in [0.5, 0.6) is 0 Å². The third kappa shape index (κ3) is 36.6. The Bertz CT molecular complexity index is 2430. The standard InChI is InChI=1S/C65H122N16O13/c1-35(2)29-48(54(69)83)77-58(87)45(23-17-20-26-66)74-56(85)42(14)71-62(91)50(31-37(5)6)80-65(94)53(34-40(11)12)79-60(89)47(25-19-22-28-68)76-57(86)43(15)72-63(92)51(32-38(7)8)81-64(93)52(33-39(9)10)78-59(88)46(24-18-21-27-67)75-55(84)41(13)70-61(90)49(30-36(3)4)73-44(16)82/h35-43,45-53H,17-34,66-68H2,1-16H3,(H2,69,83)(H,70,90)(H,71,91)(H,72,92)(H,73,82)(H,74,85)(H,75,84)(H,76,86)(H,77,87)(H,78,88)(H,79,89)(H,80,94)(H,81,93)/t41-,42-,43+,45-,46-,47-,48-,49-,50-,51-,52-,53-/m0/s1. The Hall–Kier alpha value is -7.01. The molecule has 0 heterocycles. The first kappa shape index (κ1) is 87.0. The lowest BCUT2D eigenvalue weighted by molar-refractivity contribution is -0.136. The molecule has 0 unspecified atom stereocenters. The number of carbonyl (C=O) groups is 13. The van der Waals surface area contributed by atoms with E-state index in [1.54, 1.807) is 0 Å². The minimum absolute atomic E-state index is 0.0187. The zero-order valence-electron chi connectivity index (χ0n) is 59.2. The van der Waals surface area contributed by atoms with Gasteiger partial charge in [-0.2, -0.15) is 0 Å². The fourth-order valence-corrected chi connectivity index (χ4v) is 10.2. The summed E-state index contributed by atoms with van der Waals surface area (Å²) in [6.45, 7) is 28.5. The van der Waals surface area contributed by atoms with Gasteiger partial charge < -0.3 is 86.7 Å². The molecule has 540 valence electrons. The van der Waals surface area contributed by atoms with E-state index in [0.29, 0.717) is 58.0 Å². The summed E-state index contributed by atoms with van der Waals surface area (Å²) < 4.78 is 0. The first-order valence-electron chi connectivity index (χ1n) is 33.9. The van der Waals surface area contributed by atoms with E-state index in [0.717, 1.165) is 0 Å². The zero-order valence-corrected chi connectivity index (χ0v) is 59.2. The van der Waals surface area contributed by atoms with Crippen molar-refractivity contribution in [1.29, 1.82) is 0 Å². The van der Waals surface area contributed by atoms with Crippen molar-refractivity contribution in [3.8, 4) is 0 Å². The number of hydrogen-bond donors (Lipinski definition) is 16. The highest BCUT2D eigenvalue weighted by Crippen LogP contribution is 2.15. The van der Waals surface area contributed by atoms with Gasteiger partial charge in [0.25, 0.3) is 0 Å². The molecule has 0 radical (unpaired) electrons. The zero-order chi connectivity index (χ0) is 72.1. The van der Waals surface area contributed by atoms with Gasteiger partial charge in [0.2, 0.25) is 76.8 Å². The van der Waals surface area contributed by atoms with Gasteiger partial charge in [-0.25, -0.2) is 0 Å². The monoisotopic (exact) mass is 1330 g/mol. The van der Waals surface area contributed by atoms with Crippen LogP contribution >= 0.6 is 0 Å². The Morgan fingerprint density at radius 1 is 0.245 bits per heavy atom. The summed E-state index contributed by atoms with van der Waals surface area (Å²) >= 11 is 0. The van der Waals surface area contributed by atoms with E-state index in [4.69, 9.17) is 22.9 Å². The van der Waals surface area contributed by atoms with Crippen molar-refractivity contribution in [3.05, 3.63) is 0 Å². The predicted octanol–water partition coefficient (Wildman–Crippen LogP) is 0.0325. The number of primary amides is 1. The molecule has 0 saturated heterocycles. The molecule has 0 saturated carbocycles. The van der Waals surface area contributed by atoms with Crippen molar-refractivity contribution in [1.82, 2.24) is 63.8 Å². The van der Waals surface area contributed by atoms with Gasteiger partial charge in [0.05, 0.1) is 0 Å². The van der Waals surface area contributed by atoms with Gasteiger partial charge in [0.1, 0.15) is 72.5 Å². The molecule has 0 spiro atoms. The molecule has 29 heteroatoms. The molecule has 29 nitrogen and oxygen atoms in total. The first-order chi connectivity index (χ1) is 43.9. The highest BCUT2D eigenvalue weighted by Gasteiger charge is 2.36. The van der Waals surface area contributed by atoms with Crippen LogP contribution < -0.4 is 86.7 Å². The van der Waals surface area contributed by atoms with Gasteiger partial charge >= 0.3 is 0 Å². The molecule has 13 amide bonds. The molecule has 94 heavy (non-hydrogen) atoms. The normalized spacial score (nSPS) is 15.3. The maximum atomic E-state index is 14.3. The van der Waals surface area contributed by atoms with Crippen molar-refractivity contribution < 1.29 is 62.3 Å². The smallest absolute Gasteiger partial charge is 0.243 e. The average molecular weight is 1340 g/mol. The van der Waals surface area contributed by atoms with Crippen LogP contribution in [0.3, 0.4) is 0 Å². The van der Waals surface area contributed by atoms with Crippen LogP contribution in [-0.4, -0.2) is 169 Å². The topological polar surface area (TPSA) is 470 Å². The van der Waals surface area contributed by atoms with E-state index in [2.05, 4.69) is 63.8 Å². The van der Waals surface area contributed by atoms with Crippen LogP contribution in [0.25, 0.3) is 0 Å². The number of amides is 13. The molecule has 0 aromatic heterocycles. The van der Waals surface area contributed by atoms with Crippen molar-refractivity contribution >= 4 is 76.8 Å². The molecule has 12 atom stereocenters. The van der Waals surface area contributed by atoms with E-state index < -0.39 is 149 Å². The largest absolute Gasteiger partial charge is 0.368 e. The molecular formula is C65H122N16O13. The molecule has 0 fully saturated rings. The number of nitrogens with two attached hydrogens (primary N) is 4. The second kappa shape index (κ2) is 46.2. The van der Waals surface area contributed by atoms with Gasteiger partial charge in [-0.15, -0.1) is 0 Å². The minimum atomic E-state index is -1.29. The number of carbonyl (C=O) groups excluding carboxylic acids is 13. The average Bonchev–Trinajstić information content (AvgIpc) is 0.890. The van der Waals surface area contributed by atoms with Crippen LogP contribution in [0.4, 0.5) is 0 Å². The maximum Gasteiger partial charge on any atom is 0.243 e. The van der Waals surface area contributed by atoms with Crippen molar-refractivity contribution in [2.24, 2.45) is 58.4 Å². The summed E-state index contributed by atoms with van der Waals surface area (Å²) in [5, 5.41) is 32.3. The number of hydrogen-bond acceptors (Lipinski definition) is 16. The van der Waals surface area contributed by atoms with Gasteiger partial charge in [0.15, 0.2) is 0 Å². The predicted molar refractivity (Wildman–Crippen MR) is 361 cm³/mol. The number of nitrogens with one attached hydrogen (secondary N) is 12. The lowest BCUT2D eigenvalue weighted by Gasteiger charge is -2.29.